The fraction of sp³-hybridized carbons (Fsp3) is 0.333. The first-order valence-corrected chi connectivity index (χ1v) is 13.5. The molecule has 4 aromatic rings. The molecule has 3 N–H and O–H groups in total. The van der Waals surface area contributed by atoms with Crippen molar-refractivity contribution in [3.8, 4) is 0 Å². The number of nitrogens with one attached hydrogen (secondary N) is 2. The number of rotatable bonds is 9. The molecule has 0 aliphatic carbocycles. The molecule has 1 aliphatic heterocycles. The number of thiophene rings is 1. The summed E-state index contributed by atoms with van der Waals surface area (Å²) in [5.41, 5.74) is 2.45. The number of hydrogen-bond acceptors (Lipinski definition) is 7. The van der Waals surface area contributed by atoms with Gasteiger partial charge in [0.25, 0.3) is 5.91 Å². The average molecular weight is 573 g/mol. The molecular weight excluding hydrogens is 545 g/mol. The number of pyridine rings is 1. The highest BCUT2D eigenvalue weighted by atomic mass is 32.1. The van der Waals surface area contributed by atoms with Crippen LogP contribution < -0.4 is 10.6 Å². The topological polar surface area (TPSA) is 112 Å². The van der Waals surface area contributed by atoms with Gasteiger partial charge in [0.15, 0.2) is 0 Å². The van der Waals surface area contributed by atoms with Gasteiger partial charge in [-0.25, -0.2) is 9.97 Å². The van der Waals surface area contributed by atoms with E-state index in [4.69, 9.17) is 5.11 Å². The second-order valence-corrected chi connectivity index (χ2v) is 10.8. The summed E-state index contributed by atoms with van der Waals surface area (Å²) in [7, 11) is 0. The van der Waals surface area contributed by atoms with Crippen molar-refractivity contribution in [3.63, 3.8) is 0 Å². The smallest absolute Gasteiger partial charge is 0.416 e. The summed E-state index contributed by atoms with van der Waals surface area (Å²) >= 11 is 1.43. The molecule has 1 atom stereocenters. The van der Waals surface area contributed by atoms with Crippen LogP contribution in [0.5, 0.6) is 0 Å². The first-order chi connectivity index (χ1) is 19.0. The Hall–Kier alpha value is -3.97. The lowest BCUT2D eigenvalue weighted by Crippen LogP contribution is -2.49. The van der Waals surface area contributed by atoms with E-state index in [0.717, 1.165) is 33.1 Å². The highest BCUT2D eigenvalue weighted by molar-refractivity contribution is 7.16. The Morgan fingerprint density at radius 1 is 1.18 bits per heavy atom. The number of carbonyl (C=O) groups is 2. The minimum absolute atomic E-state index is 0.0136. The van der Waals surface area contributed by atoms with E-state index in [1.54, 1.807) is 18.6 Å². The maximum atomic E-state index is 13.1. The number of fused-ring (bicyclic) bond motifs is 1. The van der Waals surface area contributed by atoms with Crippen molar-refractivity contribution in [2.24, 2.45) is 0 Å². The van der Waals surface area contributed by atoms with Crippen LogP contribution in [0.2, 0.25) is 0 Å². The highest BCUT2D eigenvalue weighted by Crippen LogP contribution is 2.36. The number of imidazole rings is 1. The number of amides is 1. The lowest BCUT2D eigenvalue weighted by molar-refractivity contribution is -0.140. The summed E-state index contributed by atoms with van der Waals surface area (Å²) in [6.07, 6.45) is -0.461. The van der Waals surface area contributed by atoms with E-state index in [2.05, 4.69) is 20.6 Å². The molecule has 3 aromatic heterocycles. The predicted octanol–water partition coefficient (Wildman–Crippen LogP) is 5.25. The molecule has 1 aromatic carbocycles. The van der Waals surface area contributed by atoms with Crippen LogP contribution in [-0.4, -0.2) is 56.1 Å². The number of alkyl halides is 3. The highest BCUT2D eigenvalue weighted by Gasteiger charge is 2.31. The molecule has 0 saturated carbocycles. The van der Waals surface area contributed by atoms with Crippen molar-refractivity contribution in [3.05, 3.63) is 70.6 Å². The van der Waals surface area contributed by atoms with E-state index in [1.807, 2.05) is 29.4 Å². The molecule has 1 aliphatic rings. The Bertz CT molecular complexity index is 1540. The van der Waals surface area contributed by atoms with Crippen LogP contribution in [0.4, 0.5) is 23.9 Å². The molecule has 0 radical (unpaired) electrons. The number of benzene rings is 1. The molecule has 0 bridgehead atoms. The lowest BCUT2D eigenvalue weighted by atomic mass is 10.1. The van der Waals surface area contributed by atoms with E-state index < -0.39 is 17.7 Å². The van der Waals surface area contributed by atoms with Gasteiger partial charge in [-0.05, 0) is 55.3 Å². The number of likely N-dealkylation sites (tertiary alicyclic amines) is 1. The lowest BCUT2D eigenvalue weighted by Gasteiger charge is -2.39. The van der Waals surface area contributed by atoms with Crippen molar-refractivity contribution >= 4 is 44.9 Å². The van der Waals surface area contributed by atoms with Crippen LogP contribution in [0.25, 0.3) is 11.0 Å². The Morgan fingerprint density at radius 3 is 2.55 bits per heavy atom. The molecule has 1 fully saturated rings. The van der Waals surface area contributed by atoms with Crippen LogP contribution in [0.1, 0.15) is 52.4 Å². The third-order valence-corrected chi connectivity index (χ3v) is 8.11. The molecule has 9 nitrogen and oxygen atoms in total. The second kappa shape index (κ2) is 10.9. The first-order valence-electron chi connectivity index (χ1n) is 12.7. The fourth-order valence-electron chi connectivity index (χ4n) is 4.63. The number of aromatic nitrogens is 3. The van der Waals surface area contributed by atoms with Crippen molar-refractivity contribution < 1.29 is 27.9 Å². The number of carboxylic acid groups (broad SMARTS) is 1. The van der Waals surface area contributed by atoms with E-state index in [1.165, 1.54) is 23.5 Å². The number of carbonyl (C=O) groups excluding carboxylic acids is 1. The Morgan fingerprint density at radius 2 is 1.90 bits per heavy atom. The zero-order chi connectivity index (χ0) is 28.6. The van der Waals surface area contributed by atoms with Gasteiger partial charge in [-0.1, -0.05) is 6.92 Å². The van der Waals surface area contributed by atoms with Crippen LogP contribution in [0, 0.1) is 0 Å². The number of carboxylic acids is 1. The minimum atomic E-state index is -4.39. The quantitative estimate of drug-likeness (QED) is 0.251. The summed E-state index contributed by atoms with van der Waals surface area (Å²) in [6, 6.07) is 8.26. The predicted molar refractivity (Wildman–Crippen MR) is 145 cm³/mol. The third kappa shape index (κ3) is 5.80. The molecule has 13 heteroatoms. The molecule has 4 heterocycles. The van der Waals surface area contributed by atoms with Crippen molar-refractivity contribution in [2.45, 2.75) is 38.5 Å². The first kappa shape index (κ1) is 27.6. The molecule has 1 saturated heterocycles. The summed E-state index contributed by atoms with van der Waals surface area (Å²) in [5.74, 6) is -1.22. The molecular formula is C27H27F3N6O3S. The molecule has 1 unspecified atom stereocenters. The maximum absolute atomic E-state index is 13.1. The Labute approximate surface area is 231 Å². The van der Waals surface area contributed by atoms with Crippen molar-refractivity contribution in [1.82, 2.24) is 24.8 Å². The van der Waals surface area contributed by atoms with Gasteiger partial charge in [-0.15, -0.1) is 11.3 Å². The van der Waals surface area contributed by atoms with Gasteiger partial charge < -0.3 is 20.3 Å². The summed E-state index contributed by atoms with van der Waals surface area (Å²) in [4.78, 5) is 35.4. The van der Waals surface area contributed by atoms with E-state index >= 15 is 0 Å². The summed E-state index contributed by atoms with van der Waals surface area (Å²) < 4.78 is 40.6. The largest absolute Gasteiger partial charge is 0.480 e. The van der Waals surface area contributed by atoms with Crippen molar-refractivity contribution in [1.29, 1.82) is 0 Å². The Kier molecular flexibility index (Phi) is 7.51. The normalized spacial score (nSPS) is 15.1. The molecule has 1 amide bonds. The van der Waals surface area contributed by atoms with Crippen LogP contribution in [-0.2, 0) is 17.4 Å². The summed E-state index contributed by atoms with van der Waals surface area (Å²) in [5, 5.41) is 16.0. The van der Waals surface area contributed by atoms with E-state index in [-0.39, 0.29) is 30.2 Å². The van der Waals surface area contributed by atoms with Gasteiger partial charge in [0.05, 0.1) is 47.2 Å². The van der Waals surface area contributed by atoms with E-state index in [0.29, 0.717) is 30.7 Å². The SMILES string of the molecule is CCc1cc(C(C)NC(=O)c2cc3c(cn2)ncn3C2CN(CC(=O)O)C2)sc1Nc1ccc(C(F)(F)F)cc1. The molecule has 5 rings (SSSR count). The van der Waals surface area contributed by atoms with Gasteiger partial charge >= 0.3 is 12.1 Å². The van der Waals surface area contributed by atoms with Crippen LogP contribution in [0.3, 0.4) is 0 Å². The Balaban J connectivity index is 1.27. The molecule has 40 heavy (non-hydrogen) atoms. The average Bonchev–Trinajstić information content (AvgIpc) is 3.49. The number of halogens is 3. The monoisotopic (exact) mass is 572 g/mol. The number of hydrogen-bond donors (Lipinski definition) is 3. The van der Waals surface area contributed by atoms with E-state index in [9.17, 15) is 22.8 Å². The number of aliphatic carboxylic acids is 1. The van der Waals surface area contributed by atoms with Crippen LogP contribution in [0.15, 0.2) is 48.9 Å². The van der Waals surface area contributed by atoms with Gasteiger partial charge in [-0.3, -0.25) is 14.5 Å². The van der Waals surface area contributed by atoms with Gasteiger partial charge in [0, 0.05) is 23.7 Å². The van der Waals surface area contributed by atoms with Gasteiger partial charge in [0.1, 0.15) is 11.2 Å². The fourth-order valence-corrected chi connectivity index (χ4v) is 5.81. The molecule has 0 spiro atoms. The second-order valence-electron chi connectivity index (χ2n) is 9.70. The summed E-state index contributed by atoms with van der Waals surface area (Å²) in [6.45, 7) is 5.00. The van der Waals surface area contributed by atoms with Gasteiger partial charge in [0.2, 0.25) is 0 Å². The van der Waals surface area contributed by atoms with Crippen molar-refractivity contribution in [2.75, 3.05) is 25.0 Å². The third-order valence-electron chi connectivity index (χ3n) is 6.84. The number of anilines is 2. The zero-order valence-corrected chi connectivity index (χ0v) is 22.5. The maximum Gasteiger partial charge on any atom is 0.416 e. The zero-order valence-electron chi connectivity index (χ0n) is 21.7. The standard InChI is InChI=1S/C27H27F3N6O3S/c1-3-16-8-23(40-26(16)34-18-6-4-17(5-7-18)27(28,29)30)15(2)33-25(39)20-9-22-21(10-31-20)32-14-36(22)19-11-35(12-19)13-24(37)38/h4-10,14-15,19,34H,3,11-13H2,1-2H3,(H,33,39)(H,37,38). The van der Waals surface area contributed by atoms with Crippen LogP contribution >= 0.6 is 11.3 Å². The number of aryl methyl sites for hydroxylation is 1. The molecule has 210 valence electrons. The minimum Gasteiger partial charge on any atom is -0.480 e. The number of nitrogens with zero attached hydrogens (tertiary/aromatic N) is 4. The van der Waals surface area contributed by atoms with Gasteiger partial charge in [-0.2, -0.15) is 13.2 Å².